The van der Waals surface area contributed by atoms with E-state index in [4.69, 9.17) is 4.74 Å². The van der Waals surface area contributed by atoms with Crippen LogP contribution < -0.4 is 5.56 Å². The number of methoxy groups -OCH3 is 1. The lowest BCUT2D eigenvalue weighted by Gasteiger charge is -2.14. The zero-order valence-corrected chi connectivity index (χ0v) is 12.6. The van der Waals surface area contributed by atoms with Gasteiger partial charge >= 0.3 is 5.97 Å². The summed E-state index contributed by atoms with van der Waals surface area (Å²) in [6, 6.07) is 12.5. The molecular formula is C15H14BrNO3. The third kappa shape index (κ3) is 2.99. The molecule has 0 saturated carbocycles. The predicted molar refractivity (Wildman–Crippen MR) is 80.2 cm³/mol. The Balaban J connectivity index is 2.51. The van der Waals surface area contributed by atoms with Crippen LogP contribution in [0.2, 0.25) is 0 Å². The fraction of sp³-hybridized carbons (Fsp3) is 0.200. The largest absolute Gasteiger partial charge is 0.465 e. The van der Waals surface area contributed by atoms with E-state index >= 15 is 0 Å². The van der Waals surface area contributed by atoms with Crippen molar-refractivity contribution in [2.24, 2.45) is 0 Å². The van der Waals surface area contributed by atoms with E-state index in [2.05, 4.69) is 15.9 Å². The normalized spacial score (nSPS) is 10.3. The number of nitrogens with zero attached hydrogens (tertiary/aromatic N) is 1. The molecule has 1 heterocycles. The highest BCUT2D eigenvalue weighted by molar-refractivity contribution is 9.08. The van der Waals surface area contributed by atoms with E-state index in [-0.39, 0.29) is 5.56 Å². The number of benzene rings is 1. The Morgan fingerprint density at radius 1 is 1.20 bits per heavy atom. The Kier molecular flexibility index (Phi) is 4.74. The number of esters is 1. The monoisotopic (exact) mass is 335 g/mol. The third-order valence-corrected chi connectivity index (χ3v) is 3.54. The summed E-state index contributed by atoms with van der Waals surface area (Å²) in [5.41, 5.74) is 1.88. The van der Waals surface area contributed by atoms with E-state index in [9.17, 15) is 9.59 Å². The van der Waals surface area contributed by atoms with Gasteiger partial charge in [-0.25, -0.2) is 4.79 Å². The van der Waals surface area contributed by atoms with Crippen LogP contribution >= 0.6 is 15.9 Å². The first-order valence-electron chi connectivity index (χ1n) is 6.08. The molecule has 0 aliphatic rings. The molecule has 0 N–H and O–H groups in total. The molecule has 0 saturated heterocycles. The maximum atomic E-state index is 12.1. The number of hydrogen-bond acceptors (Lipinski definition) is 3. The van der Waals surface area contributed by atoms with Gasteiger partial charge in [0.15, 0.2) is 0 Å². The first-order valence-corrected chi connectivity index (χ1v) is 7.20. The van der Waals surface area contributed by atoms with Gasteiger partial charge in [-0.2, -0.15) is 0 Å². The number of ether oxygens (including phenoxy) is 1. The summed E-state index contributed by atoms with van der Waals surface area (Å²) in [5, 5.41) is 0.403. The second-order valence-electron chi connectivity index (χ2n) is 4.23. The quantitative estimate of drug-likeness (QED) is 0.637. The molecule has 0 aliphatic heterocycles. The Labute approximate surface area is 125 Å². The molecule has 0 amide bonds. The highest BCUT2D eigenvalue weighted by Crippen LogP contribution is 2.14. The first kappa shape index (κ1) is 14.5. The molecule has 2 aromatic rings. The van der Waals surface area contributed by atoms with Crippen molar-refractivity contribution < 1.29 is 9.53 Å². The summed E-state index contributed by atoms with van der Waals surface area (Å²) < 4.78 is 6.33. The highest BCUT2D eigenvalue weighted by Gasteiger charge is 2.15. The smallest absolute Gasteiger partial charge is 0.339 e. The molecule has 1 aromatic carbocycles. The average Bonchev–Trinajstić information content (AvgIpc) is 2.49. The van der Waals surface area contributed by atoms with Gasteiger partial charge in [0.1, 0.15) is 0 Å². The van der Waals surface area contributed by atoms with Crippen LogP contribution in [0.25, 0.3) is 0 Å². The van der Waals surface area contributed by atoms with Gasteiger partial charge in [0.05, 0.1) is 19.2 Å². The molecule has 2 rings (SSSR count). The van der Waals surface area contributed by atoms with Crippen LogP contribution in [0.4, 0.5) is 0 Å². The number of alkyl halides is 1. The van der Waals surface area contributed by atoms with Gasteiger partial charge in [0.25, 0.3) is 5.56 Å². The van der Waals surface area contributed by atoms with Crippen molar-refractivity contribution in [2.45, 2.75) is 11.9 Å². The van der Waals surface area contributed by atoms with Crippen LogP contribution in [-0.2, 0) is 16.6 Å². The second kappa shape index (κ2) is 6.52. The maximum absolute atomic E-state index is 12.1. The van der Waals surface area contributed by atoms with Crippen molar-refractivity contribution in [3.05, 3.63) is 69.6 Å². The number of rotatable bonds is 4. The van der Waals surface area contributed by atoms with Crippen LogP contribution in [0.1, 0.15) is 21.6 Å². The molecule has 0 bridgehead atoms. The molecule has 0 fully saturated rings. The van der Waals surface area contributed by atoms with E-state index < -0.39 is 5.97 Å². The van der Waals surface area contributed by atoms with Crippen molar-refractivity contribution in [1.29, 1.82) is 0 Å². The van der Waals surface area contributed by atoms with Gasteiger partial charge < -0.3 is 9.30 Å². The summed E-state index contributed by atoms with van der Waals surface area (Å²) in [4.78, 5) is 23.8. The molecule has 0 radical (unpaired) electrons. The summed E-state index contributed by atoms with van der Waals surface area (Å²) in [6.45, 7) is 0.422. The van der Waals surface area contributed by atoms with E-state index in [0.717, 1.165) is 5.56 Å². The van der Waals surface area contributed by atoms with E-state index in [1.54, 1.807) is 4.57 Å². The molecule has 4 nitrogen and oxygen atoms in total. The molecule has 20 heavy (non-hydrogen) atoms. The minimum Gasteiger partial charge on any atom is -0.465 e. The Bertz CT molecular complexity index is 665. The third-order valence-electron chi connectivity index (χ3n) is 3.01. The number of hydrogen-bond donors (Lipinski definition) is 0. The van der Waals surface area contributed by atoms with E-state index in [0.29, 0.717) is 23.1 Å². The number of pyridine rings is 1. The molecule has 1 aromatic heterocycles. The van der Waals surface area contributed by atoms with Crippen LogP contribution in [-0.4, -0.2) is 17.6 Å². The lowest BCUT2D eigenvalue weighted by Crippen LogP contribution is -2.25. The van der Waals surface area contributed by atoms with Crippen molar-refractivity contribution in [3.8, 4) is 0 Å². The van der Waals surface area contributed by atoms with Crippen LogP contribution in [0.15, 0.2) is 47.3 Å². The van der Waals surface area contributed by atoms with Gasteiger partial charge in [-0.15, -0.1) is 0 Å². The Hall–Kier alpha value is -1.88. The standard InChI is InChI=1S/C15H14BrNO3/c1-20-15(19)12-7-8-14(18)17(13(12)9-16)10-11-5-3-2-4-6-11/h2-8H,9-10H2,1H3. The zero-order valence-electron chi connectivity index (χ0n) is 11.0. The molecule has 0 atom stereocenters. The molecule has 5 heteroatoms. The minimum atomic E-state index is -0.443. The fourth-order valence-corrected chi connectivity index (χ4v) is 2.60. The minimum absolute atomic E-state index is 0.143. The Morgan fingerprint density at radius 2 is 1.90 bits per heavy atom. The number of carbonyl (C=O) groups is 1. The lowest BCUT2D eigenvalue weighted by atomic mass is 10.1. The summed E-state index contributed by atoms with van der Waals surface area (Å²) in [5.74, 6) is -0.443. The van der Waals surface area contributed by atoms with E-state index in [1.165, 1.54) is 19.2 Å². The SMILES string of the molecule is COC(=O)c1ccc(=O)n(Cc2ccccc2)c1CBr. The van der Waals surface area contributed by atoms with Gasteiger partial charge in [-0.3, -0.25) is 4.79 Å². The van der Waals surface area contributed by atoms with Gasteiger partial charge in [-0.1, -0.05) is 46.3 Å². The molecule has 0 aliphatic carbocycles. The van der Waals surface area contributed by atoms with Crippen molar-refractivity contribution in [2.75, 3.05) is 7.11 Å². The van der Waals surface area contributed by atoms with Gasteiger partial charge in [-0.05, 0) is 11.6 Å². The number of aromatic nitrogens is 1. The summed E-state index contributed by atoms with van der Waals surface area (Å²) >= 11 is 3.34. The second-order valence-corrected chi connectivity index (χ2v) is 4.79. The molecule has 104 valence electrons. The van der Waals surface area contributed by atoms with Crippen molar-refractivity contribution >= 4 is 21.9 Å². The topological polar surface area (TPSA) is 48.3 Å². The molecule has 0 spiro atoms. The summed E-state index contributed by atoms with van der Waals surface area (Å²) in [6.07, 6.45) is 0. The zero-order chi connectivity index (χ0) is 14.5. The molecular weight excluding hydrogens is 322 g/mol. The average molecular weight is 336 g/mol. The van der Waals surface area contributed by atoms with Gasteiger partial charge in [0, 0.05) is 17.1 Å². The van der Waals surface area contributed by atoms with Crippen LogP contribution in [0.3, 0.4) is 0 Å². The summed E-state index contributed by atoms with van der Waals surface area (Å²) in [7, 11) is 1.33. The lowest BCUT2D eigenvalue weighted by molar-refractivity contribution is 0.0598. The van der Waals surface area contributed by atoms with Crippen LogP contribution in [0, 0.1) is 0 Å². The molecule has 0 unspecified atom stereocenters. The first-order chi connectivity index (χ1) is 9.67. The van der Waals surface area contributed by atoms with E-state index in [1.807, 2.05) is 30.3 Å². The highest BCUT2D eigenvalue weighted by atomic mass is 79.9. The number of carbonyl (C=O) groups excluding carboxylic acids is 1. The van der Waals surface area contributed by atoms with Crippen molar-refractivity contribution in [1.82, 2.24) is 4.57 Å². The Morgan fingerprint density at radius 3 is 2.50 bits per heavy atom. The van der Waals surface area contributed by atoms with Crippen molar-refractivity contribution in [3.63, 3.8) is 0 Å². The fourth-order valence-electron chi connectivity index (χ4n) is 2.00. The predicted octanol–water partition coefficient (Wildman–Crippen LogP) is 2.58. The number of halogens is 1. The maximum Gasteiger partial charge on any atom is 0.339 e. The van der Waals surface area contributed by atoms with Gasteiger partial charge in [0.2, 0.25) is 0 Å². The van der Waals surface area contributed by atoms with Crippen LogP contribution in [0.5, 0.6) is 0 Å².